The van der Waals surface area contributed by atoms with E-state index in [4.69, 9.17) is 32.7 Å². The Balaban J connectivity index is 1.53. The molecule has 0 aliphatic carbocycles. The number of rotatable bonds is 7. The summed E-state index contributed by atoms with van der Waals surface area (Å²) in [5, 5.41) is 0.756. The number of methoxy groups -OCH3 is 1. The molecule has 168 valence electrons. The van der Waals surface area contributed by atoms with Crippen LogP contribution in [0.2, 0.25) is 10.0 Å². The Morgan fingerprint density at radius 2 is 1.76 bits per heavy atom. The summed E-state index contributed by atoms with van der Waals surface area (Å²) < 4.78 is 11.3. The van der Waals surface area contributed by atoms with Crippen LogP contribution in [-0.4, -0.2) is 23.2 Å². The Hall–Kier alpha value is -2.93. The first-order chi connectivity index (χ1) is 15.9. The highest BCUT2D eigenvalue weighted by Crippen LogP contribution is 2.35. The minimum atomic E-state index is -0.319. The lowest BCUT2D eigenvalue weighted by molar-refractivity contribution is -0.123. The Morgan fingerprint density at radius 1 is 0.970 bits per heavy atom. The molecule has 1 fully saturated rings. The summed E-state index contributed by atoms with van der Waals surface area (Å²) >= 11 is 13.1. The number of nitrogens with zero attached hydrogens (tertiary/aromatic N) is 1. The van der Waals surface area contributed by atoms with Crippen molar-refractivity contribution in [1.82, 2.24) is 4.90 Å². The van der Waals surface area contributed by atoms with Gasteiger partial charge in [-0.25, -0.2) is 0 Å². The number of benzene rings is 3. The molecule has 0 N–H and O–H groups in total. The van der Waals surface area contributed by atoms with Crippen molar-refractivity contribution in [2.75, 3.05) is 7.11 Å². The molecule has 0 saturated carbocycles. The maximum atomic E-state index is 12.8. The van der Waals surface area contributed by atoms with E-state index >= 15 is 0 Å². The average molecular weight is 500 g/mol. The summed E-state index contributed by atoms with van der Waals surface area (Å²) in [4.78, 5) is 26.9. The molecule has 0 radical (unpaired) electrons. The predicted octanol–water partition coefficient (Wildman–Crippen LogP) is 6.82. The minimum absolute atomic E-state index is 0.212. The first-order valence-electron chi connectivity index (χ1n) is 9.98. The molecule has 0 spiro atoms. The standard InChI is InChI=1S/C25H19Cl2NO4S/c1-31-21-10-7-17(11-22(21)32-15-18-8-9-19(26)13-20(18)27)12-23-24(29)28(25(30)33-23)14-16-5-3-2-4-6-16/h2-13H,14-15H2,1H3/b23-12-. The number of hydrogen-bond acceptors (Lipinski definition) is 5. The number of imide groups is 1. The van der Waals surface area contributed by atoms with Gasteiger partial charge in [-0.15, -0.1) is 0 Å². The number of ether oxygens (including phenoxy) is 2. The van der Waals surface area contributed by atoms with E-state index in [1.807, 2.05) is 30.3 Å². The van der Waals surface area contributed by atoms with E-state index in [0.29, 0.717) is 32.0 Å². The second kappa shape index (κ2) is 10.3. The molecule has 0 bridgehead atoms. The van der Waals surface area contributed by atoms with Gasteiger partial charge >= 0.3 is 0 Å². The van der Waals surface area contributed by atoms with Crippen LogP contribution in [0.25, 0.3) is 6.08 Å². The molecule has 0 unspecified atom stereocenters. The molecule has 1 saturated heterocycles. The van der Waals surface area contributed by atoms with Gasteiger partial charge in [-0.1, -0.05) is 65.7 Å². The van der Waals surface area contributed by atoms with Crippen molar-refractivity contribution in [3.63, 3.8) is 0 Å². The van der Waals surface area contributed by atoms with Crippen LogP contribution in [0.4, 0.5) is 4.79 Å². The van der Waals surface area contributed by atoms with Crippen LogP contribution < -0.4 is 9.47 Å². The van der Waals surface area contributed by atoms with Crippen LogP contribution in [0.15, 0.2) is 71.6 Å². The number of carbonyl (C=O) groups excluding carboxylic acids is 2. The Bertz CT molecular complexity index is 1230. The fourth-order valence-corrected chi connectivity index (χ4v) is 4.55. The maximum Gasteiger partial charge on any atom is 0.293 e. The molecule has 33 heavy (non-hydrogen) atoms. The molecule has 8 heteroatoms. The monoisotopic (exact) mass is 499 g/mol. The Kier molecular flexibility index (Phi) is 7.28. The van der Waals surface area contributed by atoms with Gasteiger partial charge in [0.25, 0.3) is 11.1 Å². The zero-order chi connectivity index (χ0) is 23.4. The highest BCUT2D eigenvalue weighted by atomic mass is 35.5. The fraction of sp³-hybridized carbons (Fsp3) is 0.120. The van der Waals surface area contributed by atoms with Gasteiger partial charge in [0.2, 0.25) is 0 Å². The first-order valence-corrected chi connectivity index (χ1v) is 11.6. The number of amides is 2. The molecule has 0 aromatic heterocycles. The maximum absolute atomic E-state index is 12.8. The van der Waals surface area contributed by atoms with E-state index < -0.39 is 0 Å². The molecule has 3 aromatic rings. The highest BCUT2D eigenvalue weighted by Gasteiger charge is 2.35. The molecule has 5 nitrogen and oxygen atoms in total. The molecule has 1 heterocycles. The van der Waals surface area contributed by atoms with Crippen molar-refractivity contribution in [2.45, 2.75) is 13.2 Å². The molecule has 2 amide bonds. The lowest BCUT2D eigenvalue weighted by Gasteiger charge is -2.13. The van der Waals surface area contributed by atoms with Crippen molar-refractivity contribution < 1.29 is 19.1 Å². The van der Waals surface area contributed by atoms with E-state index in [1.54, 1.807) is 49.6 Å². The van der Waals surface area contributed by atoms with Crippen LogP contribution in [0.1, 0.15) is 16.7 Å². The van der Waals surface area contributed by atoms with Gasteiger partial charge < -0.3 is 9.47 Å². The van der Waals surface area contributed by atoms with Crippen molar-refractivity contribution in [1.29, 1.82) is 0 Å². The summed E-state index contributed by atoms with van der Waals surface area (Å²) in [6.07, 6.45) is 1.68. The minimum Gasteiger partial charge on any atom is -0.493 e. The second-order valence-electron chi connectivity index (χ2n) is 7.19. The summed E-state index contributed by atoms with van der Waals surface area (Å²) in [6, 6.07) is 19.9. The van der Waals surface area contributed by atoms with Crippen molar-refractivity contribution >= 4 is 52.2 Å². The third kappa shape index (κ3) is 5.53. The van der Waals surface area contributed by atoms with Crippen LogP contribution in [-0.2, 0) is 17.9 Å². The van der Waals surface area contributed by atoms with E-state index in [9.17, 15) is 9.59 Å². The lowest BCUT2D eigenvalue weighted by Crippen LogP contribution is -2.27. The Labute approximate surface area is 205 Å². The summed E-state index contributed by atoms with van der Waals surface area (Å²) in [6.45, 7) is 0.449. The third-order valence-corrected chi connectivity index (χ3v) is 6.44. The van der Waals surface area contributed by atoms with Crippen molar-refractivity contribution in [3.8, 4) is 11.5 Å². The highest BCUT2D eigenvalue weighted by molar-refractivity contribution is 8.18. The van der Waals surface area contributed by atoms with Crippen LogP contribution in [0, 0.1) is 0 Å². The SMILES string of the molecule is COc1ccc(/C=C2\SC(=O)N(Cc3ccccc3)C2=O)cc1OCc1ccc(Cl)cc1Cl. The molecule has 3 aromatic carbocycles. The van der Waals surface area contributed by atoms with Crippen LogP contribution in [0.5, 0.6) is 11.5 Å². The lowest BCUT2D eigenvalue weighted by atomic mass is 10.1. The van der Waals surface area contributed by atoms with Gasteiger partial charge in [0, 0.05) is 15.6 Å². The number of carbonyl (C=O) groups is 2. The van der Waals surface area contributed by atoms with Gasteiger partial charge in [0.1, 0.15) is 6.61 Å². The van der Waals surface area contributed by atoms with Crippen LogP contribution in [0.3, 0.4) is 0 Å². The quantitative estimate of drug-likeness (QED) is 0.334. The van der Waals surface area contributed by atoms with Gasteiger partial charge in [0.15, 0.2) is 11.5 Å². The van der Waals surface area contributed by atoms with Crippen molar-refractivity contribution in [2.24, 2.45) is 0 Å². The van der Waals surface area contributed by atoms with E-state index in [-0.39, 0.29) is 24.3 Å². The predicted molar refractivity (Wildman–Crippen MR) is 132 cm³/mol. The van der Waals surface area contributed by atoms with Gasteiger partial charge in [-0.2, -0.15) is 0 Å². The number of halogens is 2. The molecule has 4 rings (SSSR count). The fourth-order valence-electron chi connectivity index (χ4n) is 3.24. The van der Waals surface area contributed by atoms with E-state index in [1.165, 1.54) is 4.90 Å². The topological polar surface area (TPSA) is 55.8 Å². The van der Waals surface area contributed by atoms with Crippen molar-refractivity contribution in [3.05, 3.63) is 98.4 Å². The molecular weight excluding hydrogens is 481 g/mol. The average Bonchev–Trinajstić information content (AvgIpc) is 3.06. The van der Waals surface area contributed by atoms with Crippen LogP contribution >= 0.6 is 35.0 Å². The molecule has 1 aliphatic rings. The normalized spacial score (nSPS) is 14.8. The zero-order valence-electron chi connectivity index (χ0n) is 17.6. The molecule has 0 atom stereocenters. The van der Waals surface area contributed by atoms with Gasteiger partial charge in [-0.05, 0) is 53.2 Å². The van der Waals surface area contributed by atoms with Gasteiger partial charge in [-0.3, -0.25) is 14.5 Å². The molecule has 1 aliphatic heterocycles. The Morgan fingerprint density at radius 3 is 2.48 bits per heavy atom. The summed E-state index contributed by atoms with van der Waals surface area (Å²) in [7, 11) is 1.55. The van der Waals surface area contributed by atoms with E-state index in [0.717, 1.165) is 22.9 Å². The smallest absolute Gasteiger partial charge is 0.293 e. The third-order valence-electron chi connectivity index (χ3n) is 4.94. The zero-order valence-corrected chi connectivity index (χ0v) is 19.9. The first kappa shape index (κ1) is 23.2. The number of hydrogen-bond donors (Lipinski definition) is 0. The number of thioether (sulfide) groups is 1. The largest absolute Gasteiger partial charge is 0.493 e. The van der Waals surface area contributed by atoms with Gasteiger partial charge in [0.05, 0.1) is 18.6 Å². The summed E-state index contributed by atoms with van der Waals surface area (Å²) in [5.74, 6) is 0.704. The molecular formula is C25H19Cl2NO4S. The second-order valence-corrected chi connectivity index (χ2v) is 9.02. The summed E-state index contributed by atoms with van der Waals surface area (Å²) in [5.41, 5.74) is 2.37. The van der Waals surface area contributed by atoms with E-state index in [2.05, 4.69) is 0 Å².